The van der Waals surface area contributed by atoms with Gasteiger partial charge in [0.05, 0.1) is 39.1 Å². The third-order valence-electron chi connectivity index (χ3n) is 5.82. The van der Waals surface area contributed by atoms with Crippen molar-refractivity contribution < 1.29 is 0 Å². The highest BCUT2D eigenvalue weighted by Gasteiger charge is 1.98. The summed E-state index contributed by atoms with van der Waals surface area (Å²) in [5, 5.41) is 7.07. The van der Waals surface area contributed by atoms with Crippen molar-refractivity contribution in [2.24, 2.45) is 0 Å². The molecule has 344 valence electrons. The van der Waals surface area contributed by atoms with Crippen molar-refractivity contribution in [3.05, 3.63) is 164 Å². The summed E-state index contributed by atoms with van der Waals surface area (Å²) in [5.41, 5.74) is 6.82. The molecule has 0 amide bonds. The number of benzene rings is 2. The van der Waals surface area contributed by atoms with Gasteiger partial charge in [0.2, 0.25) is 0 Å². The molecule has 0 aliphatic rings. The Morgan fingerprint density at radius 3 is 0.921 bits per heavy atom. The Balaban J connectivity index is -0.000000205. The molecule has 0 atom stereocenters. The van der Waals surface area contributed by atoms with Crippen LogP contribution >= 0.6 is 0 Å². The molecule has 6 heterocycles. The summed E-state index contributed by atoms with van der Waals surface area (Å²) in [6, 6.07) is 21.2. The molecule has 0 saturated heterocycles. The number of aryl methyl sites for hydroxylation is 5. The molecule has 13 nitrogen and oxygen atoms in total. The Labute approximate surface area is 381 Å². The fraction of sp³-hybridized carbons (Fsp3) is 0.380. The van der Waals surface area contributed by atoms with Gasteiger partial charge in [-0.15, -0.1) is 0 Å². The Hall–Kier alpha value is -6.63. The van der Waals surface area contributed by atoms with Gasteiger partial charge in [0.15, 0.2) is 0 Å². The first-order chi connectivity index (χ1) is 30.9. The number of rotatable bonds is 0. The van der Waals surface area contributed by atoms with Crippen molar-refractivity contribution in [3.8, 4) is 0 Å². The molecule has 6 aromatic heterocycles. The number of hydrogen-bond acceptors (Lipinski definition) is 13. The van der Waals surface area contributed by atoms with Crippen molar-refractivity contribution in [2.75, 3.05) is 0 Å². The number of hydrogen-bond donors (Lipinski definition) is 0. The van der Waals surface area contributed by atoms with Crippen LogP contribution in [0.2, 0.25) is 0 Å². The van der Waals surface area contributed by atoms with Gasteiger partial charge in [-0.2, -0.15) is 10.2 Å². The van der Waals surface area contributed by atoms with Crippen LogP contribution in [0.3, 0.4) is 0 Å². The highest BCUT2D eigenvalue weighted by Crippen LogP contribution is 2.10. The molecule has 0 spiro atoms. The zero-order chi connectivity index (χ0) is 48.9. The lowest BCUT2D eigenvalue weighted by Crippen LogP contribution is -1.92. The minimum Gasteiger partial charge on any atom is -0.261 e. The second-order valence-electron chi connectivity index (χ2n) is 9.67. The molecule has 0 aliphatic heterocycles. The predicted octanol–water partition coefficient (Wildman–Crippen LogP) is 13.3. The minimum absolute atomic E-state index is 0.775. The van der Waals surface area contributed by atoms with Crippen LogP contribution in [0.1, 0.15) is 126 Å². The second-order valence-corrected chi connectivity index (χ2v) is 9.67. The molecule has 63 heavy (non-hydrogen) atoms. The molecular weight excluding hydrogens is 783 g/mol. The maximum Gasteiger partial charge on any atom is 0.129 e. The number of nitrogens with zero attached hydrogens (tertiary/aromatic N) is 13. The monoisotopic (exact) mass is 862 g/mol. The van der Waals surface area contributed by atoms with E-state index in [1.54, 1.807) is 61.8 Å². The Morgan fingerprint density at radius 1 is 0.302 bits per heavy atom. The molecule has 0 unspecified atom stereocenters. The zero-order valence-corrected chi connectivity index (χ0v) is 42.0. The van der Waals surface area contributed by atoms with Crippen molar-refractivity contribution in [1.29, 1.82) is 0 Å². The Bertz CT molecular complexity index is 1830. The first-order valence-corrected chi connectivity index (χ1v) is 22.0. The molecule has 8 rings (SSSR count). The zero-order valence-electron chi connectivity index (χ0n) is 42.0. The van der Waals surface area contributed by atoms with E-state index in [9.17, 15) is 0 Å². The smallest absolute Gasteiger partial charge is 0.129 e. The van der Waals surface area contributed by atoms with Crippen LogP contribution in [0.15, 0.2) is 135 Å². The summed E-state index contributed by atoms with van der Waals surface area (Å²) in [4.78, 5) is 43.7. The van der Waals surface area contributed by atoms with Crippen LogP contribution in [-0.4, -0.2) is 65.0 Å². The Morgan fingerprint density at radius 2 is 0.683 bits per heavy atom. The van der Waals surface area contributed by atoms with Crippen LogP contribution in [0, 0.1) is 34.6 Å². The third kappa shape index (κ3) is 38.1. The molecule has 8 aromatic rings. The van der Waals surface area contributed by atoms with Gasteiger partial charge in [0.25, 0.3) is 0 Å². The lowest BCUT2D eigenvalue weighted by atomic mass is 10.2. The van der Waals surface area contributed by atoms with Crippen LogP contribution in [-0.2, 0) is 0 Å². The van der Waals surface area contributed by atoms with Gasteiger partial charge < -0.3 is 0 Å². The van der Waals surface area contributed by atoms with Gasteiger partial charge >= 0.3 is 0 Å². The topological polar surface area (TPSA) is 168 Å². The average molecular weight is 862 g/mol. The van der Waals surface area contributed by atoms with E-state index < -0.39 is 0 Å². The average Bonchev–Trinajstić information content (AvgIpc) is 3.38. The molecule has 0 radical (unpaired) electrons. The van der Waals surface area contributed by atoms with Crippen molar-refractivity contribution in [2.45, 2.75) is 132 Å². The van der Waals surface area contributed by atoms with Gasteiger partial charge in [-0.05, 0) is 77.1 Å². The fourth-order valence-electron chi connectivity index (χ4n) is 3.45. The summed E-state index contributed by atoms with van der Waals surface area (Å²) in [5.74, 6) is 1.55. The SMILES string of the molecule is CC.CC.CC.CC.CC.CC.CC.Cc1cnccn1.Cc1nc2ccccc2nc1C.Cc1ncnc(C)n1.c1ccc2nccnc2c1.c1ccnnc1.c1cncnc1. The van der Waals surface area contributed by atoms with E-state index >= 15 is 0 Å². The first-order valence-electron chi connectivity index (χ1n) is 22.0. The van der Waals surface area contributed by atoms with E-state index in [4.69, 9.17) is 0 Å². The van der Waals surface area contributed by atoms with Crippen molar-refractivity contribution in [3.63, 3.8) is 0 Å². The highest BCUT2D eigenvalue weighted by atomic mass is 15.1. The number of fused-ring (bicyclic) bond motifs is 2. The quantitative estimate of drug-likeness (QED) is 0.141. The molecule has 2 aromatic carbocycles. The summed E-state index contributed by atoms with van der Waals surface area (Å²) in [6.07, 6.45) is 18.1. The summed E-state index contributed by atoms with van der Waals surface area (Å²) in [6.45, 7) is 37.6. The van der Waals surface area contributed by atoms with Gasteiger partial charge in [-0.3, -0.25) is 19.9 Å². The van der Waals surface area contributed by atoms with Gasteiger partial charge in [-0.25, -0.2) is 34.9 Å². The summed E-state index contributed by atoms with van der Waals surface area (Å²) in [7, 11) is 0. The van der Waals surface area contributed by atoms with Gasteiger partial charge in [0, 0.05) is 55.8 Å². The molecule has 13 heteroatoms. The van der Waals surface area contributed by atoms with Crippen molar-refractivity contribution >= 4 is 22.1 Å². The molecule has 0 saturated carbocycles. The molecule has 0 fully saturated rings. The van der Waals surface area contributed by atoms with Crippen molar-refractivity contribution in [1.82, 2.24) is 65.0 Å². The van der Waals surface area contributed by atoms with Gasteiger partial charge in [0.1, 0.15) is 24.3 Å². The normalized spacial score (nSPS) is 7.92. The van der Waals surface area contributed by atoms with Crippen LogP contribution in [0.25, 0.3) is 22.1 Å². The lowest BCUT2D eigenvalue weighted by Gasteiger charge is -2.00. The standard InChI is InChI=1S/C10H10N2.C8H6N2.C5H7N3.C5H6N2.2C4H4N2.7C2H6/c1-7-8(2)12-10-6-4-3-5-9(10)11-7;1-2-4-8-7(3-1)9-5-6-10-8;1-4-6-3-7-5(2)8-4;1-5-4-6-2-3-7-5;1-2-5-4-6-3-1;1-2-4-6-5-3-1;7*1-2/h3-6H,1-2H3;1-6H;3H,1-2H3;2-4H,1H3;2*1-4H;7*1-2H3. The van der Waals surface area contributed by atoms with E-state index in [0.29, 0.717) is 0 Å². The fourth-order valence-corrected chi connectivity index (χ4v) is 3.45. The molecule has 0 aliphatic carbocycles. The van der Waals surface area contributed by atoms with E-state index in [1.165, 1.54) is 12.7 Å². The lowest BCUT2D eigenvalue weighted by molar-refractivity contribution is 0.920. The Kier molecular flexibility index (Phi) is 55.5. The predicted molar refractivity (Wildman–Crippen MR) is 268 cm³/mol. The minimum atomic E-state index is 0.775. The maximum atomic E-state index is 4.41. The summed E-state index contributed by atoms with van der Waals surface area (Å²) >= 11 is 0. The van der Waals surface area contributed by atoms with Crippen LogP contribution < -0.4 is 0 Å². The van der Waals surface area contributed by atoms with Crippen LogP contribution in [0.4, 0.5) is 0 Å². The van der Waals surface area contributed by atoms with E-state index in [0.717, 1.165) is 50.8 Å². The maximum absolute atomic E-state index is 4.41. The first kappa shape index (κ1) is 65.5. The van der Waals surface area contributed by atoms with E-state index in [2.05, 4.69) is 65.0 Å². The summed E-state index contributed by atoms with van der Waals surface area (Å²) < 4.78 is 0. The van der Waals surface area contributed by atoms with Crippen LogP contribution in [0.5, 0.6) is 0 Å². The van der Waals surface area contributed by atoms with E-state index in [1.807, 2.05) is 192 Å². The highest BCUT2D eigenvalue weighted by molar-refractivity contribution is 5.74. The van der Waals surface area contributed by atoms with E-state index in [-0.39, 0.29) is 0 Å². The number of aromatic nitrogens is 13. The molecular formula is C50H79N13. The second kappa shape index (κ2) is 53.4. The molecule has 0 bridgehead atoms. The number of para-hydroxylation sites is 4. The van der Waals surface area contributed by atoms with Gasteiger partial charge in [-0.1, -0.05) is 121 Å². The largest absolute Gasteiger partial charge is 0.261 e. The molecule has 0 N–H and O–H groups in total. The third-order valence-corrected chi connectivity index (χ3v) is 5.82.